The number of morpholine rings is 1. The lowest BCUT2D eigenvalue weighted by atomic mass is 10.1. The Labute approximate surface area is 110 Å². The van der Waals surface area contributed by atoms with Crippen LogP contribution in [0.3, 0.4) is 0 Å². The SMILES string of the molecule is CC(NCCNC(C)(C)C)C(=O)N1CCOCC1. The van der Waals surface area contributed by atoms with Crippen molar-refractivity contribution in [1.82, 2.24) is 15.5 Å². The maximum Gasteiger partial charge on any atom is 0.239 e. The second-order valence-corrected chi connectivity index (χ2v) is 5.79. The summed E-state index contributed by atoms with van der Waals surface area (Å²) in [5, 5.41) is 6.65. The van der Waals surface area contributed by atoms with Gasteiger partial charge in [0.15, 0.2) is 0 Å². The summed E-state index contributed by atoms with van der Waals surface area (Å²) in [5.41, 5.74) is 0.124. The van der Waals surface area contributed by atoms with Gasteiger partial charge in [0.25, 0.3) is 0 Å². The highest BCUT2D eigenvalue weighted by Gasteiger charge is 2.21. The van der Waals surface area contributed by atoms with Crippen molar-refractivity contribution in [2.75, 3.05) is 39.4 Å². The number of hydrogen-bond acceptors (Lipinski definition) is 4. The molecule has 1 heterocycles. The molecule has 1 rings (SSSR count). The van der Waals surface area contributed by atoms with Crippen LogP contribution in [-0.2, 0) is 9.53 Å². The van der Waals surface area contributed by atoms with Gasteiger partial charge in [-0.1, -0.05) is 0 Å². The maximum absolute atomic E-state index is 12.1. The van der Waals surface area contributed by atoms with E-state index >= 15 is 0 Å². The Bertz CT molecular complexity index is 257. The lowest BCUT2D eigenvalue weighted by Gasteiger charge is -2.29. The monoisotopic (exact) mass is 257 g/mol. The summed E-state index contributed by atoms with van der Waals surface area (Å²) in [5.74, 6) is 0.175. The van der Waals surface area contributed by atoms with Crippen LogP contribution in [0.5, 0.6) is 0 Å². The molecule has 0 aromatic carbocycles. The Kier molecular flexibility index (Phi) is 6.05. The van der Waals surface area contributed by atoms with Crippen LogP contribution < -0.4 is 10.6 Å². The van der Waals surface area contributed by atoms with E-state index < -0.39 is 0 Å². The molecule has 0 radical (unpaired) electrons. The molecule has 1 atom stereocenters. The first-order valence-electron chi connectivity index (χ1n) is 6.75. The van der Waals surface area contributed by atoms with E-state index in [2.05, 4.69) is 31.4 Å². The molecule has 1 aliphatic rings. The Morgan fingerprint density at radius 2 is 1.89 bits per heavy atom. The minimum Gasteiger partial charge on any atom is -0.378 e. The summed E-state index contributed by atoms with van der Waals surface area (Å²) in [7, 11) is 0. The highest BCUT2D eigenvalue weighted by atomic mass is 16.5. The minimum absolute atomic E-state index is 0.120. The lowest BCUT2D eigenvalue weighted by molar-refractivity contribution is -0.137. The average Bonchev–Trinajstić information content (AvgIpc) is 2.33. The van der Waals surface area contributed by atoms with Crippen LogP contribution in [0.15, 0.2) is 0 Å². The van der Waals surface area contributed by atoms with Crippen LogP contribution in [0.2, 0.25) is 0 Å². The Morgan fingerprint density at radius 3 is 2.44 bits per heavy atom. The second-order valence-electron chi connectivity index (χ2n) is 5.79. The molecule has 1 fully saturated rings. The quantitative estimate of drug-likeness (QED) is 0.692. The van der Waals surface area contributed by atoms with Crippen LogP contribution in [0.4, 0.5) is 0 Å². The molecule has 1 aliphatic heterocycles. The molecular formula is C13H27N3O2. The molecule has 0 aromatic rings. The molecule has 1 amide bonds. The van der Waals surface area contributed by atoms with E-state index in [9.17, 15) is 4.79 Å². The number of amides is 1. The van der Waals surface area contributed by atoms with Gasteiger partial charge in [0.2, 0.25) is 5.91 Å². The smallest absolute Gasteiger partial charge is 0.239 e. The lowest BCUT2D eigenvalue weighted by Crippen LogP contribution is -2.50. The predicted molar refractivity (Wildman–Crippen MR) is 72.6 cm³/mol. The minimum atomic E-state index is -0.120. The third-order valence-electron chi connectivity index (χ3n) is 2.92. The first-order chi connectivity index (χ1) is 8.40. The first kappa shape index (κ1) is 15.4. The maximum atomic E-state index is 12.1. The van der Waals surface area contributed by atoms with E-state index in [-0.39, 0.29) is 17.5 Å². The third kappa shape index (κ3) is 5.80. The van der Waals surface area contributed by atoms with E-state index in [0.29, 0.717) is 26.3 Å². The fourth-order valence-corrected chi connectivity index (χ4v) is 1.87. The largest absolute Gasteiger partial charge is 0.378 e. The Morgan fingerprint density at radius 1 is 1.28 bits per heavy atom. The standard InChI is InChI=1S/C13H27N3O2/c1-11(14-5-6-15-13(2,3)4)12(17)16-7-9-18-10-8-16/h11,14-15H,5-10H2,1-4H3. The molecule has 0 bridgehead atoms. The fraction of sp³-hybridized carbons (Fsp3) is 0.923. The molecule has 5 nitrogen and oxygen atoms in total. The van der Waals surface area contributed by atoms with Crippen molar-refractivity contribution in [2.24, 2.45) is 0 Å². The Hall–Kier alpha value is -0.650. The summed E-state index contributed by atoms with van der Waals surface area (Å²) >= 11 is 0. The number of carbonyl (C=O) groups excluding carboxylic acids is 1. The number of ether oxygens (including phenoxy) is 1. The van der Waals surface area contributed by atoms with Crippen LogP contribution >= 0.6 is 0 Å². The van der Waals surface area contributed by atoms with Gasteiger partial charge in [-0.25, -0.2) is 0 Å². The van der Waals surface area contributed by atoms with E-state index in [1.54, 1.807) is 0 Å². The fourth-order valence-electron chi connectivity index (χ4n) is 1.87. The van der Waals surface area contributed by atoms with Crippen molar-refractivity contribution >= 4 is 5.91 Å². The predicted octanol–water partition coefficient (Wildman–Crippen LogP) is 0.211. The van der Waals surface area contributed by atoms with Crippen molar-refractivity contribution in [3.05, 3.63) is 0 Å². The van der Waals surface area contributed by atoms with Crippen LogP contribution in [0.1, 0.15) is 27.7 Å². The van der Waals surface area contributed by atoms with Crippen LogP contribution in [-0.4, -0.2) is 61.8 Å². The van der Waals surface area contributed by atoms with E-state index in [0.717, 1.165) is 13.1 Å². The normalized spacial score (nSPS) is 18.8. The van der Waals surface area contributed by atoms with Gasteiger partial charge < -0.3 is 20.3 Å². The molecule has 5 heteroatoms. The zero-order chi connectivity index (χ0) is 13.6. The molecular weight excluding hydrogens is 230 g/mol. The van der Waals surface area contributed by atoms with Gasteiger partial charge in [0.1, 0.15) is 0 Å². The molecule has 1 saturated heterocycles. The number of hydrogen-bond donors (Lipinski definition) is 2. The molecule has 0 spiro atoms. The van der Waals surface area contributed by atoms with Gasteiger partial charge in [-0.15, -0.1) is 0 Å². The van der Waals surface area contributed by atoms with Gasteiger partial charge in [-0.2, -0.15) is 0 Å². The highest BCUT2D eigenvalue weighted by Crippen LogP contribution is 2.00. The number of nitrogens with one attached hydrogen (secondary N) is 2. The van der Waals surface area contributed by atoms with Gasteiger partial charge in [0, 0.05) is 31.7 Å². The topological polar surface area (TPSA) is 53.6 Å². The zero-order valence-corrected chi connectivity index (χ0v) is 12.1. The third-order valence-corrected chi connectivity index (χ3v) is 2.92. The van der Waals surface area contributed by atoms with Crippen molar-refractivity contribution < 1.29 is 9.53 Å². The summed E-state index contributed by atoms with van der Waals surface area (Å²) in [6.07, 6.45) is 0. The van der Waals surface area contributed by atoms with Crippen molar-refractivity contribution in [1.29, 1.82) is 0 Å². The summed E-state index contributed by atoms with van der Waals surface area (Å²) < 4.78 is 5.24. The van der Waals surface area contributed by atoms with Crippen LogP contribution in [0.25, 0.3) is 0 Å². The second kappa shape index (κ2) is 7.07. The molecule has 106 valence electrons. The van der Waals surface area contributed by atoms with Crippen molar-refractivity contribution in [3.63, 3.8) is 0 Å². The van der Waals surface area contributed by atoms with E-state index in [4.69, 9.17) is 4.74 Å². The molecule has 18 heavy (non-hydrogen) atoms. The van der Waals surface area contributed by atoms with Crippen molar-refractivity contribution in [3.8, 4) is 0 Å². The molecule has 0 aliphatic carbocycles. The van der Waals surface area contributed by atoms with Gasteiger partial charge in [-0.3, -0.25) is 4.79 Å². The number of nitrogens with zero attached hydrogens (tertiary/aromatic N) is 1. The molecule has 1 unspecified atom stereocenters. The zero-order valence-electron chi connectivity index (χ0n) is 12.1. The average molecular weight is 257 g/mol. The summed E-state index contributed by atoms with van der Waals surface area (Å²) in [6, 6.07) is -0.120. The summed E-state index contributed by atoms with van der Waals surface area (Å²) in [6.45, 7) is 12.7. The first-order valence-corrected chi connectivity index (χ1v) is 6.75. The molecule has 0 saturated carbocycles. The molecule has 2 N–H and O–H groups in total. The highest BCUT2D eigenvalue weighted by molar-refractivity contribution is 5.81. The summed E-state index contributed by atoms with van der Waals surface area (Å²) in [4.78, 5) is 14.0. The molecule has 0 aromatic heterocycles. The Balaban J connectivity index is 2.19. The van der Waals surface area contributed by atoms with Gasteiger partial charge in [0.05, 0.1) is 19.3 Å². The number of rotatable bonds is 5. The van der Waals surface area contributed by atoms with Crippen LogP contribution in [0, 0.1) is 0 Å². The van der Waals surface area contributed by atoms with Gasteiger partial charge in [-0.05, 0) is 27.7 Å². The van der Waals surface area contributed by atoms with E-state index in [1.807, 2.05) is 11.8 Å². The van der Waals surface area contributed by atoms with E-state index in [1.165, 1.54) is 0 Å². The van der Waals surface area contributed by atoms with Crippen molar-refractivity contribution in [2.45, 2.75) is 39.3 Å². The number of carbonyl (C=O) groups is 1. The van der Waals surface area contributed by atoms with Gasteiger partial charge >= 0.3 is 0 Å².